The van der Waals surface area contributed by atoms with E-state index in [1.165, 1.54) is 6.20 Å². The first-order chi connectivity index (χ1) is 7.34. The van der Waals surface area contributed by atoms with Crippen molar-refractivity contribution in [1.29, 1.82) is 0 Å². The second kappa shape index (κ2) is 5.15. The van der Waals surface area contributed by atoms with E-state index in [4.69, 9.17) is 11.6 Å². The summed E-state index contributed by atoms with van der Waals surface area (Å²) in [4.78, 5) is 15.9. The van der Waals surface area contributed by atoms with Crippen molar-refractivity contribution >= 4 is 33.4 Å². The zero-order chi connectivity index (χ0) is 12.3. The standard InChI is InChI=1S/C11H14BrClN2O/c1-7(12)11(2,3)15-10(16)8-4-5-14-6-9(8)13/h4-7H,1-3H3,(H,15,16). The molecule has 0 fully saturated rings. The molecule has 1 unspecified atom stereocenters. The maximum absolute atomic E-state index is 11.9. The van der Waals surface area contributed by atoms with Crippen molar-refractivity contribution in [1.82, 2.24) is 10.3 Å². The third kappa shape index (κ3) is 3.19. The summed E-state index contributed by atoms with van der Waals surface area (Å²) in [5.74, 6) is -0.191. The Morgan fingerprint density at radius 1 is 1.62 bits per heavy atom. The fourth-order valence-corrected chi connectivity index (χ4v) is 1.34. The number of hydrogen-bond donors (Lipinski definition) is 1. The Morgan fingerprint density at radius 2 is 2.25 bits per heavy atom. The normalized spacial score (nSPS) is 13.3. The highest BCUT2D eigenvalue weighted by molar-refractivity contribution is 9.09. The van der Waals surface area contributed by atoms with E-state index < -0.39 is 0 Å². The summed E-state index contributed by atoms with van der Waals surface area (Å²) >= 11 is 9.35. The average Bonchev–Trinajstić information content (AvgIpc) is 2.17. The van der Waals surface area contributed by atoms with Crippen molar-refractivity contribution in [2.45, 2.75) is 31.1 Å². The van der Waals surface area contributed by atoms with Crippen LogP contribution < -0.4 is 5.32 Å². The van der Waals surface area contributed by atoms with Gasteiger partial charge in [-0.15, -0.1) is 0 Å². The molecular weight excluding hydrogens is 291 g/mol. The van der Waals surface area contributed by atoms with E-state index in [0.29, 0.717) is 10.6 Å². The van der Waals surface area contributed by atoms with Gasteiger partial charge in [0.05, 0.1) is 10.6 Å². The molecule has 0 radical (unpaired) electrons. The molecular formula is C11H14BrClN2O. The number of halogens is 2. The van der Waals surface area contributed by atoms with Crippen LogP contribution in [0.15, 0.2) is 18.5 Å². The lowest BCUT2D eigenvalue weighted by Gasteiger charge is -2.29. The number of nitrogens with zero attached hydrogens (tertiary/aromatic N) is 1. The average molecular weight is 306 g/mol. The number of rotatable bonds is 3. The lowest BCUT2D eigenvalue weighted by Crippen LogP contribution is -2.48. The van der Waals surface area contributed by atoms with E-state index in [1.807, 2.05) is 20.8 Å². The predicted octanol–water partition coefficient (Wildman–Crippen LogP) is 3.03. The molecule has 1 heterocycles. The number of aromatic nitrogens is 1. The van der Waals surface area contributed by atoms with E-state index in [-0.39, 0.29) is 16.3 Å². The molecule has 3 nitrogen and oxygen atoms in total. The van der Waals surface area contributed by atoms with Crippen LogP contribution in [-0.2, 0) is 0 Å². The van der Waals surface area contributed by atoms with Crippen molar-refractivity contribution in [2.75, 3.05) is 0 Å². The lowest BCUT2D eigenvalue weighted by atomic mass is 10.0. The molecule has 16 heavy (non-hydrogen) atoms. The van der Waals surface area contributed by atoms with Crippen molar-refractivity contribution < 1.29 is 4.79 Å². The Kier molecular flexibility index (Phi) is 4.33. The van der Waals surface area contributed by atoms with Crippen LogP contribution in [0, 0.1) is 0 Å². The van der Waals surface area contributed by atoms with Crippen LogP contribution in [0.5, 0.6) is 0 Å². The number of alkyl halides is 1. The molecule has 1 aromatic heterocycles. The minimum Gasteiger partial charge on any atom is -0.346 e. The van der Waals surface area contributed by atoms with E-state index in [1.54, 1.807) is 12.3 Å². The van der Waals surface area contributed by atoms with Crippen LogP contribution in [0.25, 0.3) is 0 Å². The highest BCUT2D eigenvalue weighted by Gasteiger charge is 2.26. The number of carbonyl (C=O) groups is 1. The molecule has 5 heteroatoms. The maximum atomic E-state index is 11.9. The van der Waals surface area contributed by atoms with Gasteiger partial charge in [0.2, 0.25) is 0 Å². The van der Waals surface area contributed by atoms with E-state index >= 15 is 0 Å². The minimum absolute atomic E-state index is 0.157. The van der Waals surface area contributed by atoms with E-state index in [9.17, 15) is 4.79 Å². The molecule has 0 aliphatic heterocycles. The fourth-order valence-electron chi connectivity index (χ4n) is 1.02. The number of amides is 1. The Bertz CT molecular complexity index is 393. The van der Waals surface area contributed by atoms with Crippen LogP contribution in [0.2, 0.25) is 5.02 Å². The van der Waals surface area contributed by atoms with Crippen molar-refractivity contribution in [3.05, 3.63) is 29.0 Å². The first-order valence-corrected chi connectivity index (χ1v) is 6.20. The Labute approximate surface area is 109 Å². The Morgan fingerprint density at radius 3 is 2.75 bits per heavy atom. The second-order valence-electron chi connectivity index (χ2n) is 4.15. The SMILES string of the molecule is CC(Br)C(C)(C)NC(=O)c1ccncc1Cl. The van der Waals surface area contributed by atoms with Gasteiger partial charge >= 0.3 is 0 Å². The van der Waals surface area contributed by atoms with Gasteiger partial charge in [0.15, 0.2) is 0 Å². The summed E-state index contributed by atoms with van der Waals surface area (Å²) in [6, 6.07) is 1.60. The van der Waals surface area contributed by atoms with Gasteiger partial charge in [-0.05, 0) is 19.9 Å². The minimum atomic E-state index is -0.344. The zero-order valence-corrected chi connectivity index (χ0v) is 11.8. The predicted molar refractivity (Wildman–Crippen MR) is 69.2 cm³/mol. The number of hydrogen-bond acceptors (Lipinski definition) is 2. The molecule has 1 aromatic rings. The molecule has 1 N–H and O–H groups in total. The topological polar surface area (TPSA) is 42.0 Å². The molecule has 0 aliphatic rings. The molecule has 88 valence electrons. The largest absolute Gasteiger partial charge is 0.346 e. The maximum Gasteiger partial charge on any atom is 0.253 e. The van der Waals surface area contributed by atoms with Gasteiger partial charge in [0.25, 0.3) is 5.91 Å². The zero-order valence-electron chi connectivity index (χ0n) is 9.42. The van der Waals surface area contributed by atoms with Gasteiger partial charge in [-0.2, -0.15) is 0 Å². The molecule has 1 atom stereocenters. The van der Waals surface area contributed by atoms with Crippen LogP contribution in [0.1, 0.15) is 31.1 Å². The lowest BCUT2D eigenvalue weighted by molar-refractivity contribution is 0.0914. The molecule has 0 saturated heterocycles. The van der Waals surface area contributed by atoms with Crippen LogP contribution in [-0.4, -0.2) is 21.3 Å². The molecule has 0 aromatic carbocycles. The van der Waals surface area contributed by atoms with Crippen molar-refractivity contribution in [3.8, 4) is 0 Å². The molecule has 0 spiro atoms. The molecule has 1 rings (SSSR count). The number of pyridine rings is 1. The molecule has 0 bridgehead atoms. The van der Waals surface area contributed by atoms with Gasteiger partial charge in [-0.1, -0.05) is 34.5 Å². The van der Waals surface area contributed by atoms with E-state index in [2.05, 4.69) is 26.2 Å². The van der Waals surface area contributed by atoms with Crippen LogP contribution in [0.4, 0.5) is 0 Å². The second-order valence-corrected chi connectivity index (χ2v) is 5.93. The smallest absolute Gasteiger partial charge is 0.253 e. The van der Waals surface area contributed by atoms with Crippen molar-refractivity contribution in [2.24, 2.45) is 0 Å². The summed E-state index contributed by atoms with van der Waals surface area (Å²) < 4.78 is 0. The van der Waals surface area contributed by atoms with Gasteiger partial charge in [0.1, 0.15) is 0 Å². The molecule has 1 amide bonds. The molecule has 0 saturated carbocycles. The fraction of sp³-hybridized carbons (Fsp3) is 0.455. The first-order valence-electron chi connectivity index (χ1n) is 4.90. The van der Waals surface area contributed by atoms with E-state index in [0.717, 1.165) is 0 Å². The van der Waals surface area contributed by atoms with Gasteiger partial charge in [0, 0.05) is 22.8 Å². The quantitative estimate of drug-likeness (QED) is 0.872. The highest BCUT2D eigenvalue weighted by Crippen LogP contribution is 2.19. The highest BCUT2D eigenvalue weighted by atomic mass is 79.9. The number of carbonyl (C=O) groups excluding carboxylic acids is 1. The van der Waals surface area contributed by atoms with Crippen molar-refractivity contribution in [3.63, 3.8) is 0 Å². The Hall–Kier alpha value is -0.610. The van der Waals surface area contributed by atoms with Gasteiger partial charge in [-0.25, -0.2) is 0 Å². The summed E-state index contributed by atoms with van der Waals surface area (Å²) in [6.07, 6.45) is 3.01. The third-order valence-corrected chi connectivity index (χ3v) is 3.89. The van der Waals surface area contributed by atoms with Gasteiger partial charge < -0.3 is 5.32 Å². The Balaban J connectivity index is 2.85. The molecule has 0 aliphatic carbocycles. The first kappa shape index (κ1) is 13.5. The summed E-state index contributed by atoms with van der Waals surface area (Å²) in [7, 11) is 0. The number of nitrogens with one attached hydrogen (secondary N) is 1. The summed E-state index contributed by atoms with van der Waals surface area (Å²) in [5.41, 5.74) is 0.0989. The third-order valence-electron chi connectivity index (χ3n) is 2.45. The summed E-state index contributed by atoms with van der Waals surface area (Å²) in [6.45, 7) is 5.87. The monoisotopic (exact) mass is 304 g/mol. The van der Waals surface area contributed by atoms with Gasteiger partial charge in [-0.3, -0.25) is 9.78 Å². The van der Waals surface area contributed by atoms with Crippen LogP contribution >= 0.6 is 27.5 Å². The van der Waals surface area contributed by atoms with Crippen LogP contribution in [0.3, 0.4) is 0 Å². The summed E-state index contributed by atoms with van der Waals surface area (Å²) in [5, 5.41) is 3.27.